The summed E-state index contributed by atoms with van der Waals surface area (Å²) in [7, 11) is 0. The van der Waals surface area contributed by atoms with Gasteiger partial charge in [-0.05, 0) is 24.6 Å². The Bertz CT molecular complexity index is 708. The fourth-order valence-electron chi connectivity index (χ4n) is 2.01. The van der Waals surface area contributed by atoms with Gasteiger partial charge in [-0.15, -0.1) is 0 Å². The molecule has 1 aliphatic rings. The molecule has 0 bridgehead atoms. The molecule has 0 aliphatic carbocycles. The maximum atomic E-state index is 12.2. The van der Waals surface area contributed by atoms with Gasteiger partial charge in [0.15, 0.2) is 12.4 Å². The van der Waals surface area contributed by atoms with Crippen LogP contribution < -0.4 is 15.4 Å². The van der Waals surface area contributed by atoms with E-state index >= 15 is 0 Å². The van der Waals surface area contributed by atoms with Gasteiger partial charge < -0.3 is 15.4 Å². The van der Waals surface area contributed by atoms with E-state index in [9.17, 15) is 9.59 Å². The first kappa shape index (κ1) is 13.2. The topological polar surface area (TPSA) is 96.1 Å². The second-order valence-corrected chi connectivity index (χ2v) is 4.63. The first-order valence-corrected chi connectivity index (χ1v) is 6.58. The molecule has 0 unspecified atom stereocenters. The first-order chi connectivity index (χ1) is 10.2. The molecule has 0 fully saturated rings. The molecule has 7 heteroatoms. The van der Waals surface area contributed by atoms with Crippen molar-refractivity contribution in [3.63, 3.8) is 0 Å². The highest BCUT2D eigenvalue weighted by Crippen LogP contribution is 2.28. The Hall–Kier alpha value is -2.83. The third-order valence-electron chi connectivity index (χ3n) is 3.13. The number of carbonyl (C=O) groups is 2. The summed E-state index contributed by atoms with van der Waals surface area (Å²) < 4.78 is 5.28. The Labute approximate surface area is 120 Å². The molecule has 0 saturated heterocycles. The number of aryl methyl sites for hydroxylation is 1. The lowest BCUT2D eigenvalue weighted by atomic mass is 10.1. The average Bonchev–Trinajstić information content (AvgIpc) is 2.94. The summed E-state index contributed by atoms with van der Waals surface area (Å²) in [6.07, 6.45) is 0.815. The number of H-pyrrole nitrogens is 1. The van der Waals surface area contributed by atoms with E-state index in [0.717, 1.165) is 12.1 Å². The van der Waals surface area contributed by atoms with E-state index in [1.165, 1.54) is 0 Å². The molecule has 1 aliphatic heterocycles. The number of hydrogen-bond donors (Lipinski definition) is 3. The van der Waals surface area contributed by atoms with Gasteiger partial charge in [0.2, 0.25) is 0 Å². The summed E-state index contributed by atoms with van der Waals surface area (Å²) in [4.78, 5) is 23.3. The number of carbonyl (C=O) groups excluding carboxylic acids is 2. The molecule has 3 rings (SSSR count). The van der Waals surface area contributed by atoms with Crippen LogP contribution in [0.4, 0.5) is 11.5 Å². The highest BCUT2D eigenvalue weighted by molar-refractivity contribution is 6.05. The minimum absolute atomic E-state index is 0.0443. The maximum Gasteiger partial charge on any atom is 0.262 e. The summed E-state index contributed by atoms with van der Waals surface area (Å²) >= 11 is 0. The summed E-state index contributed by atoms with van der Waals surface area (Å²) in [6.45, 7) is 1.95. The molecule has 2 amide bonds. The lowest BCUT2D eigenvalue weighted by Crippen LogP contribution is -2.25. The van der Waals surface area contributed by atoms with Crippen molar-refractivity contribution in [2.45, 2.75) is 13.3 Å². The van der Waals surface area contributed by atoms with Crippen LogP contribution in [0.2, 0.25) is 0 Å². The van der Waals surface area contributed by atoms with Crippen molar-refractivity contribution < 1.29 is 14.3 Å². The number of benzene rings is 1. The van der Waals surface area contributed by atoms with Crippen LogP contribution in [-0.4, -0.2) is 28.6 Å². The number of aromatic nitrogens is 2. The molecular formula is C14H14N4O3. The Morgan fingerprint density at radius 2 is 2.29 bits per heavy atom. The number of nitrogens with zero attached hydrogens (tertiary/aromatic N) is 1. The van der Waals surface area contributed by atoms with Crippen LogP contribution in [0.5, 0.6) is 5.75 Å². The lowest BCUT2D eigenvalue weighted by molar-refractivity contribution is -0.118. The van der Waals surface area contributed by atoms with Gasteiger partial charge in [0.1, 0.15) is 5.75 Å². The normalized spacial score (nSPS) is 13.1. The highest BCUT2D eigenvalue weighted by Gasteiger charge is 2.18. The number of aromatic amines is 1. The van der Waals surface area contributed by atoms with Gasteiger partial charge in [0, 0.05) is 17.3 Å². The van der Waals surface area contributed by atoms with Crippen molar-refractivity contribution in [3.05, 3.63) is 35.5 Å². The fourth-order valence-corrected chi connectivity index (χ4v) is 2.01. The van der Waals surface area contributed by atoms with Crippen LogP contribution in [-0.2, 0) is 11.2 Å². The van der Waals surface area contributed by atoms with Crippen molar-refractivity contribution >= 4 is 23.3 Å². The molecule has 21 heavy (non-hydrogen) atoms. The number of amides is 2. The largest absolute Gasteiger partial charge is 0.482 e. The minimum Gasteiger partial charge on any atom is -0.482 e. The van der Waals surface area contributed by atoms with Crippen LogP contribution in [0.3, 0.4) is 0 Å². The van der Waals surface area contributed by atoms with Gasteiger partial charge in [-0.25, -0.2) is 0 Å². The molecule has 3 N–H and O–H groups in total. The van der Waals surface area contributed by atoms with Gasteiger partial charge in [0.05, 0.1) is 5.69 Å². The van der Waals surface area contributed by atoms with E-state index in [2.05, 4.69) is 20.8 Å². The Balaban J connectivity index is 1.77. The van der Waals surface area contributed by atoms with Gasteiger partial charge in [-0.1, -0.05) is 6.92 Å². The third kappa shape index (κ3) is 2.71. The quantitative estimate of drug-likeness (QED) is 0.797. The van der Waals surface area contributed by atoms with Crippen molar-refractivity contribution in [1.29, 1.82) is 0 Å². The molecule has 0 radical (unpaired) electrons. The van der Waals surface area contributed by atoms with Crippen molar-refractivity contribution in [3.8, 4) is 5.75 Å². The standard InChI is InChI=1S/C14H14N4O3/c1-2-9-6-12(18-17-9)16-14(20)8-3-4-10-11(5-8)21-7-13(19)15-10/h3-6H,2,7H2,1H3,(H,15,19)(H2,16,17,18,20). The zero-order chi connectivity index (χ0) is 14.8. The van der Waals surface area contributed by atoms with E-state index in [-0.39, 0.29) is 18.4 Å². The lowest BCUT2D eigenvalue weighted by Gasteiger charge is -2.18. The molecule has 2 heterocycles. The molecular weight excluding hydrogens is 272 g/mol. The molecule has 0 saturated carbocycles. The van der Waals surface area contributed by atoms with Gasteiger partial charge in [0.25, 0.3) is 11.8 Å². The number of nitrogens with one attached hydrogen (secondary N) is 3. The first-order valence-electron chi connectivity index (χ1n) is 6.58. The monoisotopic (exact) mass is 286 g/mol. The van der Waals surface area contributed by atoms with E-state index in [1.54, 1.807) is 24.3 Å². The van der Waals surface area contributed by atoms with Crippen molar-refractivity contribution in [2.75, 3.05) is 17.2 Å². The Kier molecular flexibility index (Phi) is 3.31. The summed E-state index contributed by atoms with van der Waals surface area (Å²) in [5, 5.41) is 12.2. The number of ether oxygens (including phenoxy) is 1. The molecule has 1 aromatic carbocycles. The molecule has 0 spiro atoms. The van der Waals surface area contributed by atoms with E-state index in [4.69, 9.17) is 4.74 Å². The van der Waals surface area contributed by atoms with E-state index in [1.807, 2.05) is 6.92 Å². The molecule has 7 nitrogen and oxygen atoms in total. The van der Waals surface area contributed by atoms with Gasteiger partial charge >= 0.3 is 0 Å². The number of anilines is 2. The zero-order valence-corrected chi connectivity index (χ0v) is 11.4. The van der Waals surface area contributed by atoms with Gasteiger partial charge in [-0.3, -0.25) is 14.7 Å². The average molecular weight is 286 g/mol. The van der Waals surface area contributed by atoms with Crippen LogP contribution in [0.1, 0.15) is 23.0 Å². The molecule has 108 valence electrons. The summed E-state index contributed by atoms with van der Waals surface area (Å²) in [5.41, 5.74) is 1.95. The highest BCUT2D eigenvalue weighted by atomic mass is 16.5. The van der Waals surface area contributed by atoms with Crippen LogP contribution in [0, 0.1) is 0 Å². The number of fused-ring (bicyclic) bond motifs is 1. The van der Waals surface area contributed by atoms with Crippen molar-refractivity contribution in [1.82, 2.24) is 10.2 Å². The molecule has 0 atom stereocenters. The minimum atomic E-state index is -0.285. The fraction of sp³-hybridized carbons (Fsp3) is 0.214. The SMILES string of the molecule is CCc1cc(NC(=O)c2ccc3c(c2)OCC(=O)N3)n[nH]1. The Morgan fingerprint density at radius 3 is 3.05 bits per heavy atom. The second kappa shape index (κ2) is 5.28. The van der Waals surface area contributed by atoms with Crippen LogP contribution in [0.15, 0.2) is 24.3 Å². The number of hydrogen-bond acceptors (Lipinski definition) is 4. The van der Waals surface area contributed by atoms with Gasteiger partial charge in [-0.2, -0.15) is 5.10 Å². The van der Waals surface area contributed by atoms with Crippen molar-refractivity contribution in [2.24, 2.45) is 0 Å². The second-order valence-electron chi connectivity index (χ2n) is 4.63. The summed E-state index contributed by atoms with van der Waals surface area (Å²) in [6, 6.07) is 6.64. The zero-order valence-electron chi connectivity index (χ0n) is 11.4. The summed E-state index contributed by atoms with van der Waals surface area (Å²) in [5.74, 6) is 0.470. The van der Waals surface area contributed by atoms with Crippen LogP contribution >= 0.6 is 0 Å². The molecule has 1 aromatic heterocycles. The van der Waals surface area contributed by atoms with Crippen LogP contribution in [0.25, 0.3) is 0 Å². The smallest absolute Gasteiger partial charge is 0.262 e. The Morgan fingerprint density at radius 1 is 1.43 bits per heavy atom. The number of rotatable bonds is 3. The van der Waals surface area contributed by atoms with E-state index < -0.39 is 0 Å². The maximum absolute atomic E-state index is 12.2. The predicted octanol–water partition coefficient (Wildman–Crippen LogP) is 1.56. The predicted molar refractivity (Wildman–Crippen MR) is 76.5 cm³/mol. The third-order valence-corrected chi connectivity index (χ3v) is 3.13. The van der Waals surface area contributed by atoms with E-state index in [0.29, 0.717) is 22.8 Å². The molecule has 2 aromatic rings.